The molecule has 4 rings (SSSR count). The predicted octanol–water partition coefficient (Wildman–Crippen LogP) is 4.44. The van der Waals surface area contributed by atoms with Gasteiger partial charge in [-0.1, -0.05) is 12.1 Å². The molecule has 0 aliphatic carbocycles. The smallest absolute Gasteiger partial charge is 0.335 e. The van der Waals surface area contributed by atoms with Crippen LogP contribution in [0.1, 0.15) is 10.4 Å². The van der Waals surface area contributed by atoms with E-state index in [1.165, 1.54) is 11.3 Å². The normalized spacial score (nSPS) is 10.6. The largest absolute Gasteiger partial charge is 0.478 e. The first-order chi connectivity index (χ1) is 12.7. The number of hydrogen-bond acceptors (Lipinski definition) is 5. The Bertz CT molecular complexity index is 1020. The summed E-state index contributed by atoms with van der Waals surface area (Å²) in [7, 11) is 0. The maximum absolute atomic E-state index is 10.9. The SMILES string of the molecule is O=C(O)c1ccc(Nc2nc(-c3ccc(-n4ccnc4)cc3)cs2)cc1. The molecule has 0 saturated carbocycles. The Balaban J connectivity index is 1.50. The highest BCUT2D eigenvalue weighted by Gasteiger charge is 2.07. The maximum Gasteiger partial charge on any atom is 0.335 e. The van der Waals surface area contributed by atoms with Crippen molar-refractivity contribution in [2.45, 2.75) is 0 Å². The third-order valence-corrected chi connectivity index (χ3v) is 4.61. The number of carbonyl (C=O) groups is 1. The molecule has 0 bridgehead atoms. The fourth-order valence-corrected chi connectivity index (χ4v) is 3.24. The van der Waals surface area contributed by atoms with Gasteiger partial charge in [-0.05, 0) is 36.4 Å². The van der Waals surface area contributed by atoms with E-state index in [-0.39, 0.29) is 5.56 Å². The fourth-order valence-electron chi connectivity index (χ4n) is 2.50. The summed E-state index contributed by atoms with van der Waals surface area (Å²) in [5.74, 6) is -0.938. The highest BCUT2D eigenvalue weighted by atomic mass is 32.1. The molecule has 0 amide bonds. The topological polar surface area (TPSA) is 80.0 Å². The minimum absolute atomic E-state index is 0.258. The molecule has 0 radical (unpaired) electrons. The number of nitrogens with zero attached hydrogens (tertiary/aromatic N) is 3. The summed E-state index contributed by atoms with van der Waals surface area (Å²) >= 11 is 1.50. The van der Waals surface area contributed by atoms with Crippen molar-refractivity contribution in [3.63, 3.8) is 0 Å². The van der Waals surface area contributed by atoms with Gasteiger partial charge in [0.15, 0.2) is 5.13 Å². The summed E-state index contributed by atoms with van der Waals surface area (Å²) in [6.07, 6.45) is 5.40. The number of aromatic nitrogens is 3. The van der Waals surface area contributed by atoms with E-state index in [0.29, 0.717) is 0 Å². The Labute approximate surface area is 153 Å². The van der Waals surface area contributed by atoms with E-state index in [4.69, 9.17) is 5.11 Å². The van der Waals surface area contributed by atoms with Gasteiger partial charge in [0.05, 0.1) is 17.6 Å². The number of thiazole rings is 1. The van der Waals surface area contributed by atoms with Crippen molar-refractivity contribution in [2.75, 3.05) is 5.32 Å². The molecule has 26 heavy (non-hydrogen) atoms. The lowest BCUT2D eigenvalue weighted by Gasteiger charge is -2.04. The van der Waals surface area contributed by atoms with Gasteiger partial charge in [0.25, 0.3) is 0 Å². The van der Waals surface area contributed by atoms with Crippen molar-refractivity contribution in [3.8, 4) is 16.9 Å². The third-order valence-electron chi connectivity index (χ3n) is 3.85. The number of hydrogen-bond donors (Lipinski definition) is 2. The van der Waals surface area contributed by atoms with Gasteiger partial charge in [-0.25, -0.2) is 14.8 Å². The van der Waals surface area contributed by atoms with Crippen LogP contribution in [0.4, 0.5) is 10.8 Å². The summed E-state index contributed by atoms with van der Waals surface area (Å²) in [6.45, 7) is 0. The number of benzene rings is 2. The van der Waals surface area contributed by atoms with Gasteiger partial charge in [-0.2, -0.15) is 0 Å². The van der Waals surface area contributed by atoms with Crippen LogP contribution >= 0.6 is 11.3 Å². The first-order valence-electron chi connectivity index (χ1n) is 7.84. The monoisotopic (exact) mass is 362 g/mol. The van der Waals surface area contributed by atoms with E-state index >= 15 is 0 Å². The van der Waals surface area contributed by atoms with Gasteiger partial charge in [-0.15, -0.1) is 11.3 Å². The van der Waals surface area contributed by atoms with E-state index in [0.717, 1.165) is 27.8 Å². The highest BCUT2D eigenvalue weighted by Crippen LogP contribution is 2.28. The van der Waals surface area contributed by atoms with E-state index in [1.54, 1.807) is 36.8 Å². The molecule has 2 N–H and O–H groups in total. The van der Waals surface area contributed by atoms with Crippen LogP contribution in [0.5, 0.6) is 0 Å². The standard InChI is InChI=1S/C19H14N4O2S/c24-18(25)14-1-5-15(6-2-14)21-19-22-17(11-26-19)13-3-7-16(8-4-13)23-10-9-20-12-23/h1-12H,(H,21,22)(H,24,25). The zero-order valence-electron chi connectivity index (χ0n) is 13.5. The van der Waals surface area contributed by atoms with Gasteiger partial charge in [0.2, 0.25) is 0 Å². The predicted molar refractivity (Wildman–Crippen MR) is 101 cm³/mol. The van der Waals surface area contributed by atoms with Gasteiger partial charge in [-0.3, -0.25) is 0 Å². The minimum atomic E-state index is -0.938. The van der Waals surface area contributed by atoms with Gasteiger partial charge in [0, 0.05) is 34.7 Å². The first kappa shape index (κ1) is 16.0. The van der Waals surface area contributed by atoms with Crippen LogP contribution < -0.4 is 5.32 Å². The number of nitrogens with one attached hydrogen (secondary N) is 1. The Kier molecular flexibility index (Phi) is 4.20. The van der Waals surface area contributed by atoms with Gasteiger partial charge in [0.1, 0.15) is 0 Å². The van der Waals surface area contributed by atoms with E-state index in [2.05, 4.69) is 15.3 Å². The lowest BCUT2D eigenvalue weighted by atomic mass is 10.1. The second-order valence-electron chi connectivity index (χ2n) is 5.56. The minimum Gasteiger partial charge on any atom is -0.478 e. The van der Waals surface area contributed by atoms with Crippen molar-refractivity contribution < 1.29 is 9.90 Å². The van der Waals surface area contributed by atoms with Gasteiger partial charge < -0.3 is 15.0 Å². The molecule has 6 nitrogen and oxygen atoms in total. The quantitative estimate of drug-likeness (QED) is 0.549. The second kappa shape index (κ2) is 6.81. The lowest BCUT2D eigenvalue weighted by molar-refractivity contribution is 0.0697. The molecule has 7 heteroatoms. The molecule has 0 spiro atoms. The molecular weight excluding hydrogens is 348 g/mol. The number of rotatable bonds is 5. The van der Waals surface area contributed by atoms with Crippen LogP contribution in [0.15, 0.2) is 72.6 Å². The third kappa shape index (κ3) is 3.33. The van der Waals surface area contributed by atoms with Crippen LogP contribution in [0.2, 0.25) is 0 Å². The Morgan fingerprint density at radius 1 is 1.08 bits per heavy atom. The molecule has 128 valence electrons. The summed E-state index contributed by atoms with van der Waals surface area (Å²) in [5.41, 5.74) is 4.01. The summed E-state index contributed by atoms with van der Waals surface area (Å²) < 4.78 is 1.94. The maximum atomic E-state index is 10.9. The van der Waals surface area contributed by atoms with Crippen LogP contribution in [0, 0.1) is 0 Å². The summed E-state index contributed by atoms with van der Waals surface area (Å²) in [6, 6.07) is 14.7. The van der Waals surface area contributed by atoms with Crippen LogP contribution in [-0.2, 0) is 0 Å². The Hall–Kier alpha value is -3.45. The molecule has 0 atom stereocenters. The van der Waals surface area contributed by atoms with Crippen LogP contribution in [-0.4, -0.2) is 25.6 Å². The number of carboxylic acid groups (broad SMARTS) is 1. The lowest BCUT2D eigenvalue weighted by Crippen LogP contribution is -1.96. The molecular formula is C19H14N4O2S. The molecule has 2 heterocycles. The average Bonchev–Trinajstić information content (AvgIpc) is 3.34. The van der Waals surface area contributed by atoms with Crippen molar-refractivity contribution in [1.82, 2.24) is 14.5 Å². The molecule has 0 aliphatic heterocycles. The summed E-state index contributed by atoms with van der Waals surface area (Å²) in [4.78, 5) is 19.5. The number of imidazole rings is 1. The zero-order valence-corrected chi connectivity index (χ0v) is 14.4. The van der Waals surface area contributed by atoms with Crippen LogP contribution in [0.25, 0.3) is 16.9 Å². The van der Waals surface area contributed by atoms with E-state index < -0.39 is 5.97 Å². The van der Waals surface area contributed by atoms with Crippen molar-refractivity contribution in [2.24, 2.45) is 0 Å². The van der Waals surface area contributed by atoms with Gasteiger partial charge >= 0.3 is 5.97 Å². The number of aromatic carboxylic acids is 1. The molecule has 0 saturated heterocycles. The van der Waals surface area contributed by atoms with E-state index in [1.807, 2.05) is 40.4 Å². The van der Waals surface area contributed by atoms with E-state index in [9.17, 15) is 4.79 Å². The molecule has 0 fully saturated rings. The van der Waals surface area contributed by atoms with Crippen molar-refractivity contribution >= 4 is 28.1 Å². The molecule has 2 aromatic carbocycles. The number of carboxylic acids is 1. The van der Waals surface area contributed by atoms with Crippen LogP contribution in [0.3, 0.4) is 0 Å². The molecule has 0 aliphatic rings. The average molecular weight is 362 g/mol. The highest BCUT2D eigenvalue weighted by molar-refractivity contribution is 7.14. The Morgan fingerprint density at radius 2 is 1.85 bits per heavy atom. The molecule has 2 aromatic heterocycles. The second-order valence-corrected chi connectivity index (χ2v) is 6.42. The van der Waals surface area contributed by atoms with Crippen molar-refractivity contribution in [1.29, 1.82) is 0 Å². The Morgan fingerprint density at radius 3 is 2.50 bits per heavy atom. The van der Waals surface area contributed by atoms with Crippen molar-refractivity contribution in [3.05, 3.63) is 78.2 Å². The molecule has 4 aromatic rings. The zero-order chi connectivity index (χ0) is 17.9. The summed E-state index contributed by atoms with van der Waals surface area (Å²) in [5, 5.41) is 14.9. The molecule has 0 unspecified atom stereocenters. The first-order valence-corrected chi connectivity index (χ1v) is 8.72. The number of anilines is 2. The fraction of sp³-hybridized carbons (Fsp3) is 0.